The Labute approximate surface area is 569 Å². The van der Waals surface area contributed by atoms with Gasteiger partial charge in [0, 0.05) is 34.1 Å². The minimum Gasteiger partial charge on any atom is -0.310 e. The van der Waals surface area contributed by atoms with Gasteiger partial charge in [0.15, 0.2) is 0 Å². The lowest BCUT2D eigenvalue weighted by atomic mass is 9.80. The molecule has 0 N–H and O–H groups in total. The van der Waals surface area contributed by atoms with Crippen molar-refractivity contribution in [2.45, 2.75) is 0 Å². The van der Waals surface area contributed by atoms with E-state index in [0.29, 0.717) is 0 Å². The first-order chi connectivity index (χ1) is 48.6. The van der Waals surface area contributed by atoms with E-state index in [9.17, 15) is 0 Å². The number of hydrogen-bond acceptors (Lipinski definition) is 2. The molecule has 19 aromatic carbocycles. The summed E-state index contributed by atoms with van der Waals surface area (Å²) < 4.78 is 0. The van der Waals surface area contributed by atoms with Crippen molar-refractivity contribution in [3.8, 4) is 55.6 Å². The third-order valence-electron chi connectivity index (χ3n) is 20.3. The van der Waals surface area contributed by atoms with Crippen LogP contribution in [-0.4, -0.2) is 0 Å². The number of fused-ring (bicyclic) bond motifs is 12. The van der Waals surface area contributed by atoms with Crippen LogP contribution in [0.25, 0.3) is 153 Å². The summed E-state index contributed by atoms with van der Waals surface area (Å²) in [6.45, 7) is 0. The Morgan fingerprint density at radius 1 is 0.143 bits per heavy atom. The second-order valence-electron chi connectivity index (χ2n) is 25.9. The monoisotopic (exact) mass is 1240 g/mol. The fourth-order valence-electron chi connectivity index (χ4n) is 15.8. The molecule has 0 saturated heterocycles. The maximum Gasteiger partial charge on any atom is 0.0468 e. The normalized spacial score (nSPS) is 11.7. The fourth-order valence-corrected chi connectivity index (χ4v) is 15.8. The van der Waals surface area contributed by atoms with E-state index < -0.39 is 0 Å². The highest BCUT2D eigenvalue weighted by atomic mass is 15.1. The number of rotatable bonds is 11. The van der Waals surface area contributed by atoms with Crippen LogP contribution in [0.15, 0.2) is 376 Å². The van der Waals surface area contributed by atoms with Gasteiger partial charge in [0.05, 0.1) is 0 Å². The van der Waals surface area contributed by atoms with Gasteiger partial charge in [-0.15, -0.1) is 0 Å². The van der Waals surface area contributed by atoms with Crippen LogP contribution in [0.1, 0.15) is 0 Å². The number of nitrogens with zero attached hydrogens (tertiary/aromatic N) is 2. The third kappa shape index (κ3) is 9.64. The van der Waals surface area contributed by atoms with Gasteiger partial charge in [0.2, 0.25) is 0 Å². The van der Waals surface area contributed by atoms with Crippen molar-refractivity contribution in [1.29, 1.82) is 0 Å². The quantitative estimate of drug-likeness (QED) is 0.0941. The minimum atomic E-state index is 1.07. The standard InChI is InChI=1S/C96H62N2/c1-3-25-67(26-4-1)89-62-90(68-43-48-76(49-44-68)97(78-52-39-63-21-7-11-29-71(63)57-78)79-53-40-64-22-8-12-30-72(64)58-79)95-83-34-16-15-33-82(83)91-61-75(93-86-37-19-17-35-84(86)92(69-27-5-2-6-28-69)85-36-18-20-38-87(85)93)47-56-88(91)96(95)94(89)70-45-50-77(51-46-70)98(80-54-41-65-23-9-13-31-73(65)59-80)81-55-42-66-24-10-14-32-74(66)60-81/h1-62H. The molecule has 456 valence electrons. The van der Waals surface area contributed by atoms with Crippen molar-refractivity contribution in [3.05, 3.63) is 376 Å². The minimum absolute atomic E-state index is 1.07. The molecule has 0 aliphatic rings. The van der Waals surface area contributed by atoms with Crippen LogP contribution in [0.3, 0.4) is 0 Å². The zero-order valence-corrected chi connectivity index (χ0v) is 53.7. The van der Waals surface area contributed by atoms with E-state index in [-0.39, 0.29) is 0 Å². The van der Waals surface area contributed by atoms with Crippen LogP contribution in [-0.2, 0) is 0 Å². The zero-order chi connectivity index (χ0) is 64.6. The topological polar surface area (TPSA) is 6.48 Å². The van der Waals surface area contributed by atoms with Gasteiger partial charge in [-0.3, -0.25) is 0 Å². The van der Waals surface area contributed by atoms with Crippen molar-refractivity contribution in [3.63, 3.8) is 0 Å². The summed E-state index contributed by atoms with van der Waals surface area (Å²) in [7, 11) is 0. The Morgan fingerprint density at radius 3 is 0.888 bits per heavy atom. The van der Waals surface area contributed by atoms with Crippen LogP contribution in [0.5, 0.6) is 0 Å². The average molecular weight is 1240 g/mol. The Bertz CT molecular complexity index is 6140. The van der Waals surface area contributed by atoms with Crippen LogP contribution in [0.2, 0.25) is 0 Å². The van der Waals surface area contributed by atoms with Crippen molar-refractivity contribution >= 4 is 131 Å². The molecule has 0 atom stereocenters. The molecule has 98 heavy (non-hydrogen) atoms. The Morgan fingerprint density at radius 2 is 0.449 bits per heavy atom. The van der Waals surface area contributed by atoms with Crippen LogP contribution in [0, 0.1) is 0 Å². The molecular formula is C96H62N2. The highest BCUT2D eigenvalue weighted by Gasteiger charge is 2.25. The maximum atomic E-state index is 2.50. The number of hydrogen-bond donors (Lipinski definition) is 0. The molecule has 0 radical (unpaired) electrons. The van der Waals surface area contributed by atoms with Gasteiger partial charge in [-0.1, -0.05) is 291 Å². The highest BCUT2D eigenvalue weighted by molar-refractivity contribution is 6.34. The molecule has 19 rings (SSSR count). The van der Waals surface area contributed by atoms with E-state index in [4.69, 9.17) is 0 Å². The molecule has 0 amide bonds. The number of benzene rings is 19. The molecule has 0 aliphatic carbocycles. The predicted octanol–water partition coefficient (Wildman–Crippen LogP) is 27.3. The summed E-state index contributed by atoms with van der Waals surface area (Å²) >= 11 is 0. The fraction of sp³-hybridized carbons (Fsp3) is 0. The summed E-state index contributed by atoms with van der Waals surface area (Å²) in [5.41, 5.74) is 18.4. The van der Waals surface area contributed by atoms with Crippen LogP contribution >= 0.6 is 0 Å². The molecule has 0 unspecified atom stereocenters. The highest BCUT2D eigenvalue weighted by Crippen LogP contribution is 2.52. The zero-order valence-electron chi connectivity index (χ0n) is 53.7. The van der Waals surface area contributed by atoms with Crippen molar-refractivity contribution in [2.75, 3.05) is 9.80 Å². The molecule has 0 bridgehead atoms. The molecule has 2 nitrogen and oxygen atoms in total. The van der Waals surface area contributed by atoms with Gasteiger partial charge in [-0.2, -0.15) is 0 Å². The Kier molecular flexibility index (Phi) is 13.6. The van der Waals surface area contributed by atoms with Crippen molar-refractivity contribution in [1.82, 2.24) is 0 Å². The average Bonchev–Trinajstić information content (AvgIpc) is 0.709. The second kappa shape index (κ2) is 23.5. The van der Waals surface area contributed by atoms with E-state index in [1.54, 1.807) is 0 Å². The molecule has 19 aromatic rings. The lowest BCUT2D eigenvalue weighted by Gasteiger charge is -2.27. The van der Waals surface area contributed by atoms with E-state index in [2.05, 4.69) is 386 Å². The number of anilines is 6. The summed E-state index contributed by atoms with van der Waals surface area (Å²) in [5, 5.41) is 21.8. The van der Waals surface area contributed by atoms with Gasteiger partial charge in [-0.25, -0.2) is 0 Å². The van der Waals surface area contributed by atoms with Crippen LogP contribution < -0.4 is 9.80 Å². The maximum absolute atomic E-state index is 2.50. The summed E-state index contributed by atoms with van der Waals surface area (Å²) in [4.78, 5) is 4.82. The predicted molar refractivity (Wildman–Crippen MR) is 421 cm³/mol. The molecule has 0 aromatic heterocycles. The first-order valence-electron chi connectivity index (χ1n) is 33.9. The van der Waals surface area contributed by atoms with Crippen molar-refractivity contribution in [2.24, 2.45) is 0 Å². The van der Waals surface area contributed by atoms with Crippen molar-refractivity contribution < 1.29 is 0 Å². The summed E-state index contributed by atoms with van der Waals surface area (Å²) in [5.74, 6) is 0. The van der Waals surface area contributed by atoms with E-state index in [0.717, 1.165) is 56.4 Å². The van der Waals surface area contributed by atoms with Gasteiger partial charge in [0.25, 0.3) is 0 Å². The Hall–Kier alpha value is -12.9. The summed E-state index contributed by atoms with van der Waals surface area (Å²) in [6.07, 6.45) is 0. The molecule has 0 heterocycles. The van der Waals surface area contributed by atoms with Crippen LogP contribution in [0.4, 0.5) is 34.1 Å². The van der Waals surface area contributed by atoms with Gasteiger partial charge >= 0.3 is 0 Å². The van der Waals surface area contributed by atoms with Gasteiger partial charge in [-0.05, 0) is 238 Å². The Balaban J connectivity index is 0.868. The SMILES string of the molecule is c1ccc(-c2cc(-c3ccc(N(c4ccc5ccccc5c4)c4ccc5ccccc5c4)cc3)c3c4ccccc4c4cc(-c5c6ccccc6c(-c6ccccc6)c6ccccc56)ccc4c3c2-c2ccc(N(c3ccc4ccccc4c3)c3ccc4ccccc4c3)cc2)cc1. The van der Waals surface area contributed by atoms with E-state index >= 15 is 0 Å². The molecule has 0 saturated carbocycles. The van der Waals surface area contributed by atoms with Gasteiger partial charge < -0.3 is 9.80 Å². The molecule has 0 aliphatic heterocycles. The van der Waals surface area contributed by atoms with E-state index in [1.165, 1.54) is 130 Å². The smallest absolute Gasteiger partial charge is 0.0468 e. The first kappa shape index (κ1) is 56.6. The lowest BCUT2D eigenvalue weighted by molar-refractivity contribution is 1.29. The first-order valence-corrected chi connectivity index (χ1v) is 33.9. The second-order valence-corrected chi connectivity index (χ2v) is 25.9. The molecular weight excluding hydrogens is 1180 g/mol. The molecule has 0 fully saturated rings. The molecule has 0 spiro atoms. The van der Waals surface area contributed by atoms with E-state index in [1.807, 2.05) is 0 Å². The molecule has 2 heteroatoms. The third-order valence-corrected chi connectivity index (χ3v) is 20.3. The summed E-state index contributed by atoms with van der Waals surface area (Å²) in [6, 6.07) is 140. The lowest BCUT2D eigenvalue weighted by Crippen LogP contribution is -2.10. The van der Waals surface area contributed by atoms with Gasteiger partial charge in [0.1, 0.15) is 0 Å². The largest absolute Gasteiger partial charge is 0.310 e.